The lowest BCUT2D eigenvalue weighted by Gasteiger charge is -2.10. The van der Waals surface area contributed by atoms with E-state index in [0.29, 0.717) is 0 Å². The van der Waals surface area contributed by atoms with E-state index in [4.69, 9.17) is 0 Å². The molecule has 0 spiro atoms. The third-order valence-corrected chi connectivity index (χ3v) is 1.62. The van der Waals surface area contributed by atoms with Gasteiger partial charge in [0.2, 0.25) is 5.82 Å². The zero-order valence-electron chi connectivity index (χ0n) is 8.16. The second-order valence-electron chi connectivity index (χ2n) is 2.74. The minimum Gasteiger partial charge on any atom is -0.467 e. The number of hydrogen-bond donors (Lipinski definition) is 3. The molecule has 0 radical (unpaired) electrons. The van der Waals surface area contributed by atoms with Gasteiger partial charge in [0.05, 0.1) is 7.11 Å². The van der Waals surface area contributed by atoms with E-state index >= 15 is 0 Å². The van der Waals surface area contributed by atoms with Crippen molar-refractivity contribution >= 4 is 11.8 Å². The van der Waals surface area contributed by atoms with Crippen molar-refractivity contribution in [2.75, 3.05) is 12.4 Å². The van der Waals surface area contributed by atoms with Crippen LogP contribution in [0.2, 0.25) is 0 Å². The van der Waals surface area contributed by atoms with Crippen molar-refractivity contribution in [1.29, 1.82) is 0 Å². The summed E-state index contributed by atoms with van der Waals surface area (Å²) in [5.41, 5.74) is -1.41. The van der Waals surface area contributed by atoms with E-state index in [-0.39, 0.29) is 5.82 Å². The van der Waals surface area contributed by atoms with Crippen LogP contribution < -0.4 is 16.6 Å². The molecule has 8 nitrogen and oxygen atoms in total. The Morgan fingerprint density at radius 1 is 1.53 bits per heavy atom. The molecule has 82 valence electrons. The first kappa shape index (κ1) is 11.0. The lowest BCUT2D eigenvalue weighted by molar-refractivity contribution is -0.141. The molecular weight excluding hydrogens is 204 g/mol. The van der Waals surface area contributed by atoms with Crippen LogP contribution in [0.15, 0.2) is 9.59 Å². The molecule has 0 saturated heterocycles. The number of aromatic nitrogens is 3. The van der Waals surface area contributed by atoms with Gasteiger partial charge >= 0.3 is 11.7 Å². The van der Waals surface area contributed by atoms with Crippen LogP contribution in [-0.4, -0.2) is 34.3 Å². The Kier molecular flexibility index (Phi) is 3.21. The maximum atomic E-state index is 11.1. The number of rotatable bonds is 3. The zero-order chi connectivity index (χ0) is 11.4. The van der Waals surface area contributed by atoms with Gasteiger partial charge in [-0.05, 0) is 6.92 Å². The molecule has 0 bridgehead atoms. The number of methoxy groups -OCH3 is 1. The summed E-state index contributed by atoms with van der Waals surface area (Å²) in [5, 5.41) is 7.95. The normalized spacial score (nSPS) is 11.9. The fourth-order valence-corrected chi connectivity index (χ4v) is 0.886. The summed E-state index contributed by atoms with van der Waals surface area (Å²) in [6.07, 6.45) is 0. The predicted octanol–water partition coefficient (Wildman–Crippen LogP) is -1.57. The van der Waals surface area contributed by atoms with Crippen LogP contribution in [0, 0.1) is 0 Å². The third-order valence-electron chi connectivity index (χ3n) is 1.62. The molecule has 8 heteroatoms. The predicted molar refractivity (Wildman–Crippen MR) is 50.6 cm³/mol. The van der Waals surface area contributed by atoms with E-state index in [9.17, 15) is 14.4 Å². The van der Waals surface area contributed by atoms with Crippen molar-refractivity contribution in [3.63, 3.8) is 0 Å². The number of nitrogens with one attached hydrogen (secondary N) is 3. The van der Waals surface area contributed by atoms with Crippen molar-refractivity contribution in [3.8, 4) is 0 Å². The molecule has 0 fully saturated rings. The number of esters is 1. The maximum absolute atomic E-state index is 11.1. The highest BCUT2D eigenvalue weighted by atomic mass is 16.5. The van der Waals surface area contributed by atoms with E-state index in [1.165, 1.54) is 14.0 Å². The zero-order valence-corrected chi connectivity index (χ0v) is 8.16. The van der Waals surface area contributed by atoms with Crippen molar-refractivity contribution in [2.45, 2.75) is 13.0 Å². The summed E-state index contributed by atoms with van der Waals surface area (Å²) in [6, 6.07) is -0.727. The molecule has 1 heterocycles. The van der Waals surface area contributed by atoms with Gasteiger partial charge in [-0.1, -0.05) is 0 Å². The van der Waals surface area contributed by atoms with Gasteiger partial charge in [0.15, 0.2) is 0 Å². The second-order valence-corrected chi connectivity index (χ2v) is 2.74. The molecule has 1 rings (SSSR count). The Hall–Kier alpha value is -2.12. The first-order chi connectivity index (χ1) is 7.04. The van der Waals surface area contributed by atoms with Gasteiger partial charge < -0.3 is 10.1 Å². The molecule has 3 N–H and O–H groups in total. The summed E-state index contributed by atoms with van der Waals surface area (Å²) in [7, 11) is 1.23. The van der Waals surface area contributed by atoms with Crippen LogP contribution in [0.1, 0.15) is 6.92 Å². The number of hydrogen-bond acceptors (Lipinski definition) is 6. The Morgan fingerprint density at radius 3 is 2.73 bits per heavy atom. The Labute approximate surface area is 83.7 Å². The van der Waals surface area contributed by atoms with Gasteiger partial charge in [0, 0.05) is 0 Å². The van der Waals surface area contributed by atoms with Gasteiger partial charge in [-0.3, -0.25) is 9.78 Å². The summed E-state index contributed by atoms with van der Waals surface area (Å²) in [4.78, 5) is 34.7. The Balaban J connectivity index is 2.86. The number of H-pyrrole nitrogens is 2. The number of ether oxygens (including phenoxy) is 1. The third kappa shape index (κ3) is 2.66. The van der Waals surface area contributed by atoms with E-state index in [1.54, 1.807) is 0 Å². The Bertz CT molecular complexity index is 463. The second kappa shape index (κ2) is 4.40. The molecule has 0 amide bonds. The van der Waals surface area contributed by atoms with E-state index in [0.717, 1.165) is 0 Å². The lowest BCUT2D eigenvalue weighted by Crippen LogP contribution is -2.33. The molecule has 0 aliphatic carbocycles. The van der Waals surface area contributed by atoms with Crippen LogP contribution in [0.25, 0.3) is 0 Å². The number of carbonyl (C=O) groups excluding carboxylic acids is 1. The van der Waals surface area contributed by atoms with Gasteiger partial charge in [-0.2, -0.15) is 0 Å². The fourth-order valence-electron chi connectivity index (χ4n) is 0.886. The van der Waals surface area contributed by atoms with Crippen LogP contribution in [-0.2, 0) is 9.53 Å². The first-order valence-electron chi connectivity index (χ1n) is 4.08. The quantitative estimate of drug-likeness (QED) is 0.523. The highest BCUT2D eigenvalue weighted by Gasteiger charge is 2.14. The molecular formula is C7H10N4O4. The smallest absolute Gasteiger partial charge is 0.342 e. The van der Waals surface area contributed by atoms with Crippen molar-refractivity contribution in [1.82, 2.24) is 15.2 Å². The average Bonchev–Trinajstić information content (AvgIpc) is 2.20. The average molecular weight is 214 g/mol. The maximum Gasteiger partial charge on any atom is 0.342 e. The highest BCUT2D eigenvalue weighted by molar-refractivity contribution is 5.78. The van der Waals surface area contributed by atoms with Gasteiger partial charge in [0.25, 0.3) is 5.56 Å². The van der Waals surface area contributed by atoms with Crippen molar-refractivity contribution in [2.24, 2.45) is 0 Å². The number of nitrogens with zero attached hydrogens (tertiary/aromatic N) is 1. The molecule has 15 heavy (non-hydrogen) atoms. The van der Waals surface area contributed by atoms with Crippen molar-refractivity contribution < 1.29 is 9.53 Å². The molecule has 1 atom stereocenters. The van der Waals surface area contributed by atoms with Crippen LogP contribution in [0.4, 0.5) is 5.82 Å². The largest absolute Gasteiger partial charge is 0.467 e. The van der Waals surface area contributed by atoms with Crippen LogP contribution in [0.3, 0.4) is 0 Å². The minimum atomic E-state index is -0.727. The van der Waals surface area contributed by atoms with E-state index < -0.39 is 23.3 Å². The lowest BCUT2D eigenvalue weighted by atomic mass is 10.3. The highest BCUT2D eigenvalue weighted by Crippen LogP contribution is 1.94. The molecule has 1 aromatic heterocycles. The molecule has 0 aromatic carbocycles. The van der Waals surface area contributed by atoms with Gasteiger partial charge in [0.1, 0.15) is 6.04 Å². The molecule has 1 aromatic rings. The molecule has 0 aliphatic rings. The minimum absolute atomic E-state index is 0.146. The molecule has 0 saturated carbocycles. The number of aromatic amines is 2. The monoisotopic (exact) mass is 214 g/mol. The first-order valence-corrected chi connectivity index (χ1v) is 4.08. The van der Waals surface area contributed by atoms with E-state index in [1.807, 2.05) is 10.1 Å². The number of anilines is 1. The Morgan fingerprint density at radius 2 is 2.20 bits per heavy atom. The summed E-state index contributed by atoms with van der Waals surface area (Å²) in [5.74, 6) is -0.685. The van der Waals surface area contributed by atoms with Crippen LogP contribution >= 0.6 is 0 Å². The van der Waals surface area contributed by atoms with Gasteiger partial charge in [-0.15, -0.1) is 5.10 Å². The summed E-state index contributed by atoms with van der Waals surface area (Å²) in [6.45, 7) is 1.50. The molecule has 0 unspecified atom stereocenters. The number of carbonyl (C=O) groups is 1. The van der Waals surface area contributed by atoms with Gasteiger partial charge in [-0.25, -0.2) is 14.7 Å². The van der Waals surface area contributed by atoms with Crippen molar-refractivity contribution in [3.05, 3.63) is 20.8 Å². The fraction of sp³-hybridized carbons (Fsp3) is 0.429. The molecule has 0 aliphatic heterocycles. The summed E-state index contributed by atoms with van der Waals surface area (Å²) < 4.78 is 4.43. The summed E-state index contributed by atoms with van der Waals surface area (Å²) >= 11 is 0. The standard InChI is InChI=1S/C7H10N4O4/c1-3(6(13)15-2)8-4-5(12)9-7(14)11-10-4/h3H,1-2H3,(H,8,10)(H2,9,11,12,14)/t3-/m0/s1. The van der Waals surface area contributed by atoms with Crippen LogP contribution in [0.5, 0.6) is 0 Å². The topological polar surface area (TPSA) is 117 Å². The SMILES string of the molecule is COC(=O)[C@H](C)Nc1n[nH]c(=O)[nH]c1=O. The van der Waals surface area contributed by atoms with E-state index in [2.05, 4.69) is 15.2 Å².